The summed E-state index contributed by atoms with van der Waals surface area (Å²) in [6.07, 6.45) is 2.50. The molecule has 0 spiro atoms. The van der Waals surface area contributed by atoms with Crippen LogP contribution in [-0.2, 0) is 4.74 Å². The summed E-state index contributed by atoms with van der Waals surface area (Å²) in [6, 6.07) is 2.20. The van der Waals surface area contributed by atoms with Gasteiger partial charge in [0.05, 0.1) is 27.0 Å². The van der Waals surface area contributed by atoms with Gasteiger partial charge < -0.3 is 9.47 Å². The lowest BCUT2D eigenvalue weighted by Gasteiger charge is -2.34. The van der Waals surface area contributed by atoms with Crippen molar-refractivity contribution in [2.75, 3.05) is 7.11 Å². The van der Waals surface area contributed by atoms with Gasteiger partial charge in [0.25, 0.3) is 5.69 Å². The minimum atomic E-state index is -2.54. The Morgan fingerprint density at radius 2 is 1.92 bits per heavy atom. The van der Waals surface area contributed by atoms with E-state index in [1.165, 1.54) is 7.11 Å². The Hall–Kier alpha value is -1.70. The van der Waals surface area contributed by atoms with Crippen molar-refractivity contribution in [3.8, 4) is 5.75 Å². The van der Waals surface area contributed by atoms with E-state index < -0.39 is 28.8 Å². The molecule has 1 saturated carbocycles. The summed E-state index contributed by atoms with van der Waals surface area (Å²) in [6.45, 7) is 0. The van der Waals surface area contributed by atoms with E-state index in [2.05, 4.69) is 0 Å². The van der Waals surface area contributed by atoms with Gasteiger partial charge in [0.1, 0.15) is 5.76 Å². The van der Waals surface area contributed by atoms with Gasteiger partial charge in [-0.3, -0.25) is 10.1 Å². The van der Waals surface area contributed by atoms with Crippen molar-refractivity contribution in [1.29, 1.82) is 0 Å². The molecular formula is C17H15Cl2F2NO4. The molecule has 2 aliphatic rings. The average molecular weight is 406 g/mol. The zero-order chi connectivity index (χ0) is 19.1. The van der Waals surface area contributed by atoms with Crippen molar-refractivity contribution in [3.63, 3.8) is 0 Å². The number of hydrogen-bond donors (Lipinski definition) is 0. The number of non-ortho nitro benzene ring substituents is 1. The van der Waals surface area contributed by atoms with Crippen molar-refractivity contribution in [3.05, 3.63) is 56.3 Å². The first-order valence-corrected chi connectivity index (χ1v) is 8.56. The number of alkyl halides is 2. The molecule has 0 N–H and O–H groups in total. The summed E-state index contributed by atoms with van der Waals surface area (Å²) in [7, 11) is 1.44. The minimum absolute atomic E-state index is 0.00889. The summed E-state index contributed by atoms with van der Waals surface area (Å²) >= 11 is 12.1. The number of rotatable bonds is 6. The monoisotopic (exact) mass is 405 g/mol. The van der Waals surface area contributed by atoms with Crippen LogP contribution in [0.2, 0.25) is 10.0 Å². The third-order valence-corrected chi connectivity index (χ3v) is 5.33. The lowest BCUT2D eigenvalue weighted by molar-refractivity contribution is -0.384. The maximum Gasteiger partial charge on any atom is 0.272 e. The highest BCUT2D eigenvalue weighted by atomic mass is 35.5. The number of ether oxygens (including phenoxy) is 2. The molecule has 9 heteroatoms. The molecule has 2 aliphatic carbocycles. The first-order chi connectivity index (χ1) is 12.3. The molecule has 3 rings (SSSR count). The Kier molecular flexibility index (Phi) is 5.23. The van der Waals surface area contributed by atoms with Crippen LogP contribution in [0, 0.1) is 21.4 Å². The van der Waals surface area contributed by atoms with Crippen molar-refractivity contribution >= 4 is 28.9 Å². The summed E-state index contributed by atoms with van der Waals surface area (Å²) < 4.78 is 38.5. The molecule has 0 bridgehead atoms. The van der Waals surface area contributed by atoms with Crippen molar-refractivity contribution in [2.45, 2.75) is 25.4 Å². The molecule has 5 nitrogen and oxygen atoms in total. The summed E-state index contributed by atoms with van der Waals surface area (Å²) in [4.78, 5) is 10.2. The van der Waals surface area contributed by atoms with Crippen LogP contribution in [0.3, 0.4) is 0 Å². The van der Waals surface area contributed by atoms with E-state index in [9.17, 15) is 18.9 Å². The van der Waals surface area contributed by atoms with Crippen LogP contribution in [0.4, 0.5) is 14.5 Å². The molecule has 0 amide bonds. The van der Waals surface area contributed by atoms with Gasteiger partial charge in [-0.05, 0) is 18.9 Å². The van der Waals surface area contributed by atoms with Crippen LogP contribution >= 0.6 is 23.2 Å². The van der Waals surface area contributed by atoms with E-state index in [1.54, 1.807) is 18.2 Å². The number of methoxy groups -OCH3 is 1. The predicted molar refractivity (Wildman–Crippen MR) is 92.9 cm³/mol. The van der Waals surface area contributed by atoms with E-state index in [-0.39, 0.29) is 27.2 Å². The van der Waals surface area contributed by atoms with E-state index in [0.29, 0.717) is 12.8 Å². The Morgan fingerprint density at radius 3 is 2.38 bits per heavy atom. The summed E-state index contributed by atoms with van der Waals surface area (Å²) in [5.74, 6) is -0.472. The Labute approximate surface area is 158 Å². The topological polar surface area (TPSA) is 61.6 Å². The molecule has 0 radical (unpaired) electrons. The second-order valence-electron chi connectivity index (χ2n) is 6.26. The fourth-order valence-corrected chi connectivity index (χ4v) is 3.79. The van der Waals surface area contributed by atoms with Crippen LogP contribution in [0.15, 0.2) is 36.1 Å². The minimum Gasteiger partial charge on any atom is -0.458 e. The lowest BCUT2D eigenvalue weighted by atomic mass is 9.80. The molecule has 140 valence electrons. The molecule has 0 heterocycles. The van der Waals surface area contributed by atoms with Gasteiger partial charge in [-0.1, -0.05) is 35.4 Å². The van der Waals surface area contributed by atoms with E-state index >= 15 is 0 Å². The number of nitro groups is 1. The molecule has 1 aromatic carbocycles. The number of nitro benzene ring substituents is 1. The van der Waals surface area contributed by atoms with Gasteiger partial charge in [-0.25, -0.2) is 8.78 Å². The van der Waals surface area contributed by atoms with Crippen molar-refractivity contribution < 1.29 is 23.2 Å². The molecule has 0 aromatic heterocycles. The number of halogens is 4. The molecule has 2 unspecified atom stereocenters. The zero-order valence-electron chi connectivity index (χ0n) is 13.6. The Bertz CT molecular complexity index is 770. The average Bonchev–Trinajstić information content (AvgIpc) is 3.39. The number of nitrogens with zero attached hydrogens (tertiary/aromatic N) is 1. The van der Waals surface area contributed by atoms with Gasteiger partial charge in [0, 0.05) is 24.7 Å². The zero-order valence-corrected chi connectivity index (χ0v) is 15.1. The molecule has 26 heavy (non-hydrogen) atoms. The van der Waals surface area contributed by atoms with Crippen LogP contribution in [0.25, 0.3) is 0 Å². The standard InChI is InChI=1S/C17H15Cl2F2NO4/c1-25-12-3-2-4-13(14(12)17(5-6-17)16(20)21)26-15-10(18)7-9(22(23)24)8-11(15)19/h2-4,7-8,12,14,16H,5-6H2,1H3. The van der Waals surface area contributed by atoms with E-state index in [1.807, 2.05) is 0 Å². The largest absolute Gasteiger partial charge is 0.458 e. The van der Waals surface area contributed by atoms with Crippen LogP contribution in [-0.4, -0.2) is 24.6 Å². The highest BCUT2D eigenvalue weighted by Gasteiger charge is 2.60. The Morgan fingerprint density at radius 1 is 1.31 bits per heavy atom. The number of benzene rings is 1. The lowest BCUT2D eigenvalue weighted by Crippen LogP contribution is -2.38. The molecule has 2 atom stereocenters. The highest BCUT2D eigenvalue weighted by molar-refractivity contribution is 6.37. The van der Waals surface area contributed by atoms with Gasteiger partial charge >= 0.3 is 0 Å². The van der Waals surface area contributed by atoms with Crippen LogP contribution in [0.5, 0.6) is 5.75 Å². The molecule has 1 aromatic rings. The second kappa shape index (κ2) is 7.13. The number of allylic oxidation sites excluding steroid dienone is 2. The maximum atomic E-state index is 13.7. The predicted octanol–water partition coefficient (Wildman–Crippen LogP) is 5.41. The quantitative estimate of drug-likeness (QED) is 0.468. The van der Waals surface area contributed by atoms with Gasteiger partial charge in [-0.15, -0.1) is 0 Å². The van der Waals surface area contributed by atoms with Gasteiger partial charge in [0.15, 0.2) is 5.75 Å². The first kappa shape index (κ1) is 19.1. The molecule has 0 aliphatic heterocycles. The van der Waals surface area contributed by atoms with E-state index in [4.69, 9.17) is 32.7 Å². The SMILES string of the molecule is COC1C=CC=C(Oc2c(Cl)cc([N+](=O)[O-])cc2Cl)C1C1(C(F)F)CC1. The molecule has 1 fully saturated rings. The number of hydrogen-bond acceptors (Lipinski definition) is 4. The smallest absolute Gasteiger partial charge is 0.272 e. The summed E-state index contributed by atoms with van der Waals surface area (Å²) in [5.41, 5.74) is -1.51. The third kappa shape index (κ3) is 3.31. The molecular weight excluding hydrogens is 391 g/mol. The second-order valence-corrected chi connectivity index (χ2v) is 7.08. The van der Waals surface area contributed by atoms with Gasteiger partial charge in [-0.2, -0.15) is 0 Å². The highest BCUT2D eigenvalue weighted by Crippen LogP contribution is 2.60. The van der Waals surface area contributed by atoms with E-state index in [0.717, 1.165) is 12.1 Å². The van der Waals surface area contributed by atoms with Crippen molar-refractivity contribution in [1.82, 2.24) is 0 Å². The van der Waals surface area contributed by atoms with Crippen molar-refractivity contribution in [2.24, 2.45) is 11.3 Å². The normalized spacial score (nSPS) is 23.7. The maximum absolute atomic E-state index is 13.7. The van der Waals surface area contributed by atoms with Crippen LogP contribution in [0.1, 0.15) is 12.8 Å². The third-order valence-electron chi connectivity index (χ3n) is 4.76. The van der Waals surface area contributed by atoms with Gasteiger partial charge in [0.2, 0.25) is 6.43 Å². The Balaban J connectivity index is 1.96. The molecule has 0 saturated heterocycles. The first-order valence-electron chi connectivity index (χ1n) is 7.81. The van der Waals surface area contributed by atoms with Crippen LogP contribution < -0.4 is 4.74 Å². The fraction of sp³-hybridized carbons (Fsp3) is 0.412. The summed E-state index contributed by atoms with van der Waals surface area (Å²) in [5, 5.41) is 10.7. The fourth-order valence-electron chi connectivity index (χ4n) is 3.24.